The Bertz CT molecular complexity index is 534. The van der Waals surface area contributed by atoms with E-state index in [1.54, 1.807) is 6.07 Å². The van der Waals surface area contributed by atoms with Crippen LogP contribution in [0.25, 0.3) is 11.1 Å². The largest absolute Gasteiger partial charge is 0.313 e. The number of nitrogens with one attached hydrogen (secondary N) is 1. The van der Waals surface area contributed by atoms with Crippen molar-refractivity contribution in [3.8, 4) is 11.1 Å². The second-order valence-corrected chi connectivity index (χ2v) is 4.40. The molecule has 0 aliphatic heterocycles. The summed E-state index contributed by atoms with van der Waals surface area (Å²) >= 11 is 0. The zero-order valence-electron chi connectivity index (χ0n) is 10.8. The molecule has 18 heavy (non-hydrogen) atoms. The Morgan fingerprint density at radius 3 is 2.56 bits per heavy atom. The lowest BCUT2D eigenvalue weighted by Gasteiger charge is -2.12. The second-order valence-electron chi connectivity index (χ2n) is 4.40. The molecule has 2 rings (SSSR count). The molecule has 0 saturated heterocycles. The minimum atomic E-state index is -0.180. The number of halogens is 1. The topological polar surface area (TPSA) is 12.0 Å². The summed E-state index contributed by atoms with van der Waals surface area (Å²) < 4.78 is 13.2. The van der Waals surface area contributed by atoms with E-state index in [9.17, 15) is 4.39 Å². The van der Waals surface area contributed by atoms with Gasteiger partial charge in [-0.05, 0) is 47.9 Å². The molecule has 0 heterocycles. The third-order valence-electron chi connectivity index (χ3n) is 3.06. The molecular formula is C16H18FN. The molecule has 1 nitrogen and oxygen atoms in total. The van der Waals surface area contributed by atoms with Gasteiger partial charge in [0.2, 0.25) is 0 Å². The van der Waals surface area contributed by atoms with Crippen molar-refractivity contribution in [2.75, 3.05) is 6.54 Å². The van der Waals surface area contributed by atoms with E-state index in [0.29, 0.717) is 0 Å². The van der Waals surface area contributed by atoms with Crippen molar-refractivity contribution in [3.63, 3.8) is 0 Å². The molecule has 1 N–H and O–H groups in total. The van der Waals surface area contributed by atoms with Gasteiger partial charge in [0.05, 0.1) is 0 Å². The molecule has 0 radical (unpaired) electrons. The average Bonchev–Trinajstić information content (AvgIpc) is 2.37. The number of hydrogen-bond donors (Lipinski definition) is 1. The highest BCUT2D eigenvalue weighted by Gasteiger charge is 2.07. The first-order valence-corrected chi connectivity index (χ1v) is 6.27. The van der Waals surface area contributed by atoms with Crippen molar-refractivity contribution in [3.05, 3.63) is 59.4 Å². The van der Waals surface area contributed by atoms with E-state index >= 15 is 0 Å². The quantitative estimate of drug-likeness (QED) is 0.858. The van der Waals surface area contributed by atoms with Gasteiger partial charge in [-0.25, -0.2) is 4.39 Å². The second kappa shape index (κ2) is 5.78. The zero-order valence-corrected chi connectivity index (χ0v) is 10.8. The molecule has 0 unspecified atom stereocenters. The number of rotatable bonds is 4. The molecule has 0 aliphatic carbocycles. The number of aryl methyl sites for hydroxylation is 1. The van der Waals surface area contributed by atoms with Crippen molar-refractivity contribution in [2.45, 2.75) is 20.4 Å². The Morgan fingerprint density at radius 1 is 1.06 bits per heavy atom. The van der Waals surface area contributed by atoms with E-state index in [1.807, 2.05) is 25.1 Å². The van der Waals surface area contributed by atoms with Crippen LogP contribution in [0.3, 0.4) is 0 Å². The van der Waals surface area contributed by atoms with Gasteiger partial charge in [0, 0.05) is 6.54 Å². The Kier molecular flexibility index (Phi) is 4.11. The van der Waals surface area contributed by atoms with Crippen LogP contribution in [0.15, 0.2) is 42.5 Å². The minimum Gasteiger partial charge on any atom is -0.313 e. The molecule has 2 aromatic carbocycles. The Hall–Kier alpha value is -1.67. The highest BCUT2D eigenvalue weighted by molar-refractivity contribution is 5.70. The Morgan fingerprint density at radius 2 is 1.83 bits per heavy atom. The van der Waals surface area contributed by atoms with E-state index in [4.69, 9.17) is 0 Å². The summed E-state index contributed by atoms with van der Waals surface area (Å²) in [7, 11) is 0. The third-order valence-corrected chi connectivity index (χ3v) is 3.06. The van der Waals surface area contributed by atoms with Crippen LogP contribution in [-0.2, 0) is 6.54 Å². The predicted octanol–water partition coefficient (Wildman–Crippen LogP) is 3.91. The molecule has 0 fully saturated rings. The van der Waals surface area contributed by atoms with Gasteiger partial charge < -0.3 is 5.32 Å². The molecule has 0 amide bonds. The molecule has 0 aromatic heterocycles. The summed E-state index contributed by atoms with van der Waals surface area (Å²) in [5.74, 6) is -0.180. The van der Waals surface area contributed by atoms with Crippen molar-refractivity contribution in [2.24, 2.45) is 0 Å². The van der Waals surface area contributed by atoms with Crippen molar-refractivity contribution in [1.29, 1.82) is 0 Å². The maximum atomic E-state index is 13.2. The van der Waals surface area contributed by atoms with Gasteiger partial charge in [0.15, 0.2) is 0 Å². The smallest absolute Gasteiger partial charge is 0.123 e. The fourth-order valence-corrected chi connectivity index (χ4v) is 2.13. The molecule has 94 valence electrons. The van der Waals surface area contributed by atoms with Crippen LogP contribution in [0.1, 0.15) is 18.1 Å². The SMILES string of the molecule is CCNCc1ccccc1-c1ccc(F)cc1C. The molecule has 0 atom stereocenters. The van der Waals surface area contributed by atoms with E-state index in [0.717, 1.165) is 24.2 Å². The summed E-state index contributed by atoms with van der Waals surface area (Å²) in [5.41, 5.74) is 4.49. The van der Waals surface area contributed by atoms with Gasteiger partial charge in [-0.15, -0.1) is 0 Å². The van der Waals surface area contributed by atoms with Crippen LogP contribution in [0, 0.1) is 12.7 Å². The molecule has 0 spiro atoms. The van der Waals surface area contributed by atoms with Gasteiger partial charge >= 0.3 is 0 Å². The first kappa shape index (κ1) is 12.8. The van der Waals surface area contributed by atoms with Crippen LogP contribution in [-0.4, -0.2) is 6.54 Å². The van der Waals surface area contributed by atoms with Crippen molar-refractivity contribution < 1.29 is 4.39 Å². The van der Waals surface area contributed by atoms with Crippen molar-refractivity contribution in [1.82, 2.24) is 5.32 Å². The lowest BCUT2D eigenvalue weighted by atomic mass is 9.96. The van der Waals surface area contributed by atoms with Crippen LogP contribution in [0.4, 0.5) is 4.39 Å². The fraction of sp³-hybridized carbons (Fsp3) is 0.250. The maximum absolute atomic E-state index is 13.2. The van der Waals surface area contributed by atoms with E-state index in [2.05, 4.69) is 24.4 Å². The van der Waals surface area contributed by atoms with Crippen molar-refractivity contribution >= 4 is 0 Å². The number of benzene rings is 2. The molecule has 2 heteroatoms. The first-order chi connectivity index (χ1) is 8.72. The summed E-state index contributed by atoms with van der Waals surface area (Å²) in [6.07, 6.45) is 0. The fourth-order valence-electron chi connectivity index (χ4n) is 2.13. The highest BCUT2D eigenvalue weighted by atomic mass is 19.1. The monoisotopic (exact) mass is 243 g/mol. The summed E-state index contributed by atoms with van der Waals surface area (Å²) in [6.45, 7) is 5.81. The lowest BCUT2D eigenvalue weighted by Crippen LogP contribution is -2.12. The molecule has 0 aliphatic rings. The molecule has 0 bridgehead atoms. The molecule has 2 aromatic rings. The standard InChI is InChI=1S/C16H18FN/c1-3-18-11-13-6-4-5-7-16(13)15-9-8-14(17)10-12(15)2/h4-10,18H,3,11H2,1-2H3. The van der Waals surface area contributed by atoms with Gasteiger partial charge in [0.25, 0.3) is 0 Å². The van der Waals surface area contributed by atoms with Gasteiger partial charge in [-0.2, -0.15) is 0 Å². The normalized spacial score (nSPS) is 10.6. The summed E-state index contributed by atoms with van der Waals surface area (Å²) in [4.78, 5) is 0. The van der Waals surface area contributed by atoms with E-state index in [-0.39, 0.29) is 5.82 Å². The maximum Gasteiger partial charge on any atom is 0.123 e. The van der Waals surface area contributed by atoms with Crippen LogP contribution in [0.2, 0.25) is 0 Å². The van der Waals surface area contributed by atoms with Crippen LogP contribution in [0.5, 0.6) is 0 Å². The third kappa shape index (κ3) is 2.77. The van der Waals surface area contributed by atoms with Gasteiger partial charge in [0.1, 0.15) is 5.82 Å². The van der Waals surface area contributed by atoms with Crippen LogP contribution >= 0.6 is 0 Å². The first-order valence-electron chi connectivity index (χ1n) is 6.27. The Labute approximate surface area is 108 Å². The summed E-state index contributed by atoms with van der Waals surface area (Å²) in [6, 6.07) is 13.2. The van der Waals surface area contributed by atoms with E-state index in [1.165, 1.54) is 17.2 Å². The lowest BCUT2D eigenvalue weighted by molar-refractivity contribution is 0.627. The Balaban J connectivity index is 2.43. The predicted molar refractivity (Wildman–Crippen MR) is 74.0 cm³/mol. The van der Waals surface area contributed by atoms with Crippen LogP contribution < -0.4 is 5.32 Å². The average molecular weight is 243 g/mol. The number of hydrogen-bond acceptors (Lipinski definition) is 1. The molecule has 0 saturated carbocycles. The zero-order chi connectivity index (χ0) is 13.0. The van der Waals surface area contributed by atoms with Gasteiger partial charge in [-0.3, -0.25) is 0 Å². The van der Waals surface area contributed by atoms with E-state index < -0.39 is 0 Å². The molecular weight excluding hydrogens is 225 g/mol. The summed E-state index contributed by atoms with van der Waals surface area (Å²) in [5, 5.41) is 3.33. The minimum absolute atomic E-state index is 0.180. The highest BCUT2D eigenvalue weighted by Crippen LogP contribution is 2.27. The van der Waals surface area contributed by atoms with Gasteiger partial charge in [-0.1, -0.05) is 37.3 Å².